The van der Waals surface area contributed by atoms with Gasteiger partial charge in [0.15, 0.2) is 5.78 Å². The third-order valence-electron chi connectivity index (χ3n) is 2.61. The molecule has 0 aromatic carbocycles. The van der Waals surface area contributed by atoms with Crippen molar-refractivity contribution in [2.45, 2.75) is 46.6 Å². The SMILES string of the molecule is CCOC(C(=O)CCc1cccs1)C(C)(C)C. The fraction of sp³-hybridized carbons (Fsp3) is 0.643. The monoisotopic (exact) mass is 254 g/mol. The second-order valence-electron chi connectivity index (χ2n) is 5.25. The Labute approximate surface area is 108 Å². The predicted octanol–water partition coefficient (Wildman–Crippen LogP) is 3.70. The number of carbonyl (C=O) groups is 1. The standard InChI is InChI=1S/C14H22O2S/c1-5-16-13(14(2,3)4)12(15)9-8-11-7-6-10-17-11/h6-7,10,13H,5,8-9H2,1-4H3. The van der Waals surface area contributed by atoms with Gasteiger partial charge in [0.1, 0.15) is 6.10 Å². The summed E-state index contributed by atoms with van der Waals surface area (Å²) in [5.74, 6) is 0.216. The summed E-state index contributed by atoms with van der Waals surface area (Å²) < 4.78 is 5.59. The van der Waals surface area contributed by atoms with E-state index >= 15 is 0 Å². The first-order chi connectivity index (χ1) is 7.95. The van der Waals surface area contributed by atoms with Crippen LogP contribution >= 0.6 is 11.3 Å². The van der Waals surface area contributed by atoms with E-state index in [-0.39, 0.29) is 17.3 Å². The van der Waals surface area contributed by atoms with E-state index in [2.05, 4.69) is 26.8 Å². The maximum Gasteiger partial charge on any atom is 0.162 e. The Balaban J connectivity index is 2.54. The predicted molar refractivity (Wildman–Crippen MR) is 72.5 cm³/mol. The molecule has 96 valence electrons. The lowest BCUT2D eigenvalue weighted by Gasteiger charge is -2.29. The molecular formula is C14H22O2S. The molecule has 1 rings (SSSR count). The first-order valence-corrected chi connectivity index (χ1v) is 6.99. The van der Waals surface area contributed by atoms with Crippen LogP contribution in [0.25, 0.3) is 0 Å². The molecule has 2 nitrogen and oxygen atoms in total. The van der Waals surface area contributed by atoms with Crippen LogP contribution in [-0.2, 0) is 16.0 Å². The van der Waals surface area contributed by atoms with Gasteiger partial charge in [0.2, 0.25) is 0 Å². The Morgan fingerprint density at radius 1 is 1.47 bits per heavy atom. The Hall–Kier alpha value is -0.670. The van der Waals surface area contributed by atoms with Gasteiger partial charge in [0, 0.05) is 17.9 Å². The van der Waals surface area contributed by atoms with E-state index < -0.39 is 0 Å². The molecule has 17 heavy (non-hydrogen) atoms. The molecular weight excluding hydrogens is 232 g/mol. The molecule has 3 heteroatoms. The Morgan fingerprint density at radius 2 is 2.18 bits per heavy atom. The van der Waals surface area contributed by atoms with Crippen LogP contribution in [0, 0.1) is 5.41 Å². The number of hydrogen-bond donors (Lipinski definition) is 0. The van der Waals surface area contributed by atoms with Crippen molar-refractivity contribution in [3.63, 3.8) is 0 Å². The number of carbonyl (C=O) groups excluding carboxylic acids is 1. The lowest BCUT2D eigenvalue weighted by Crippen LogP contribution is -2.37. The van der Waals surface area contributed by atoms with E-state index in [9.17, 15) is 4.79 Å². The normalized spacial score (nSPS) is 13.6. The molecule has 0 aliphatic heterocycles. The molecule has 1 atom stereocenters. The highest BCUT2D eigenvalue weighted by molar-refractivity contribution is 7.09. The summed E-state index contributed by atoms with van der Waals surface area (Å²) in [6.07, 6.45) is 1.12. The summed E-state index contributed by atoms with van der Waals surface area (Å²) in [4.78, 5) is 13.4. The van der Waals surface area contributed by atoms with Crippen molar-refractivity contribution in [2.75, 3.05) is 6.61 Å². The molecule has 0 bridgehead atoms. The van der Waals surface area contributed by atoms with Gasteiger partial charge in [0.05, 0.1) is 0 Å². The molecule has 0 aliphatic carbocycles. The van der Waals surface area contributed by atoms with Gasteiger partial charge in [-0.2, -0.15) is 0 Å². The van der Waals surface area contributed by atoms with Crippen molar-refractivity contribution < 1.29 is 9.53 Å². The molecule has 1 aromatic rings. The minimum atomic E-state index is -0.285. The highest BCUT2D eigenvalue weighted by atomic mass is 32.1. The smallest absolute Gasteiger partial charge is 0.162 e. The van der Waals surface area contributed by atoms with Crippen LogP contribution in [0.3, 0.4) is 0 Å². The molecule has 0 N–H and O–H groups in total. The quantitative estimate of drug-likeness (QED) is 0.773. The van der Waals surface area contributed by atoms with E-state index in [0.29, 0.717) is 13.0 Å². The van der Waals surface area contributed by atoms with Crippen molar-refractivity contribution in [2.24, 2.45) is 5.41 Å². The molecule has 1 aromatic heterocycles. The molecule has 1 unspecified atom stereocenters. The van der Waals surface area contributed by atoms with Crippen molar-refractivity contribution >= 4 is 17.1 Å². The number of ether oxygens (including phenoxy) is 1. The highest BCUT2D eigenvalue weighted by Crippen LogP contribution is 2.25. The van der Waals surface area contributed by atoms with Crippen molar-refractivity contribution in [1.82, 2.24) is 0 Å². The van der Waals surface area contributed by atoms with Crippen LogP contribution in [0.4, 0.5) is 0 Å². The van der Waals surface area contributed by atoms with E-state index in [1.807, 2.05) is 18.4 Å². The van der Waals surface area contributed by atoms with Gasteiger partial charge in [0.25, 0.3) is 0 Å². The minimum absolute atomic E-state index is 0.122. The Bertz CT molecular complexity index is 336. The lowest BCUT2D eigenvalue weighted by atomic mass is 9.85. The number of Topliss-reactive ketones (excluding diaryl/α,β-unsaturated/α-hetero) is 1. The van der Waals surface area contributed by atoms with Crippen molar-refractivity contribution in [3.05, 3.63) is 22.4 Å². The summed E-state index contributed by atoms with van der Waals surface area (Å²) in [6.45, 7) is 8.68. The molecule has 0 saturated heterocycles. The average molecular weight is 254 g/mol. The number of ketones is 1. The van der Waals surface area contributed by atoms with E-state index in [1.54, 1.807) is 11.3 Å². The second kappa shape index (κ2) is 6.31. The minimum Gasteiger partial charge on any atom is -0.370 e. The van der Waals surface area contributed by atoms with E-state index in [4.69, 9.17) is 4.74 Å². The summed E-state index contributed by atoms with van der Waals surface area (Å²) >= 11 is 1.70. The van der Waals surface area contributed by atoms with Gasteiger partial charge in [-0.05, 0) is 30.2 Å². The number of thiophene rings is 1. The molecule has 0 radical (unpaired) electrons. The van der Waals surface area contributed by atoms with Crippen LogP contribution in [0.2, 0.25) is 0 Å². The molecule has 0 amide bonds. The average Bonchev–Trinajstić information content (AvgIpc) is 2.73. The maximum atomic E-state index is 12.2. The summed E-state index contributed by atoms with van der Waals surface area (Å²) in [7, 11) is 0. The van der Waals surface area contributed by atoms with Crippen molar-refractivity contribution in [1.29, 1.82) is 0 Å². The van der Waals surface area contributed by atoms with Crippen molar-refractivity contribution in [3.8, 4) is 0 Å². The highest BCUT2D eigenvalue weighted by Gasteiger charge is 2.31. The van der Waals surface area contributed by atoms with Gasteiger partial charge in [-0.1, -0.05) is 26.8 Å². The van der Waals surface area contributed by atoms with Gasteiger partial charge in [-0.3, -0.25) is 4.79 Å². The molecule has 0 aliphatic rings. The van der Waals surface area contributed by atoms with Crippen LogP contribution in [0.15, 0.2) is 17.5 Å². The van der Waals surface area contributed by atoms with Gasteiger partial charge in [-0.25, -0.2) is 0 Å². The number of rotatable bonds is 6. The van der Waals surface area contributed by atoms with Gasteiger partial charge < -0.3 is 4.74 Å². The maximum absolute atomic E-state index is 12.2. The molecule has 0 spiro atoms. The number of aryl methyl sites for hydroxylation is 1. The Morgan fingerprint density at radius 3 is 2.65 bits per heavy atom. The third-order valence-corrected chi connectivity index (χ3v) is 3.55. The zero-order valence-corrected chi connectivity index (χ0v) is 12.0. The van der Waals surface area contributed by atoms with Gasteiger partial charge in [-0.15, -0.1) is 11.3 Å². The summed E-state index contributed by atoms with van der Waals surface area (Å²) in [5, 5.41) is 2.05. The van der Waals surface area contributed by atoms with Crippen LogP contribution in [0.5, 0.6) is 0 Å². The largest absolute Gasteiger partial charge is 0.370 e. The summed E-state index contributed by atoms with van der Waals surface area (Å²) in [5.41, 5.74) is -0.122. The first-order valence-electron chi connectivity index (χ1n) is 6.12. The van der Waals surface area contributed by atoms with Gasteiger partial charge >= 0.3 is 0 Å². The third kappa shape index (κ3) is 4.60. The van der Waals surface area contributed by atoms with Crippen LogP contribution in [0.1, 0.15) is 39.0 Å². The zero-order valence-electron chi connectivity index (χ0n) is 11.2. The topological polar surface area (TPSA) is 26.3 Å². The molecule has 1 heterocycles. The fourth-order valence-electron chi connectivity index (χ4n) is 1.82. The number of hydrogen-bond acceptors (Lipinski definition) is 3. The molecule has 0 saturated carbocycles. The lowest BCUT2D eigenvalue weighted by molar-refractivity contribution is -0.137. The molecule has 0 fully saturated rings. The second-order valence-corrected chi connectivity index (χ2v) is 6.28. The zero-order chi connectivity index (χ0) is 12.9. The Kier molecular flexibility index (Phi) is 5.34. The van der Waals surface area contributed by atoms with Crippen LogP contribution in [-0.4, -0.2) is 18.5 Å². The van der Waals surface area contributed by atoms with Crippen LogP contribution < -0.4 is 0 Å². The summed E-state index contributed by atoms with van der Waals surface area (Å²) in [6, 6.07) is 4.10. The fourth-order valence-corrected chi connectivity index (χ4v) is 2.53. The van der Waals surface area contributed by atoms with E-state index in [1.165, 1.54) is 4.88 Å². The first kappa shape index (κ1) is 14.4. The van der Waals surface area contributed by atoms with E-state index in [0.717, 1.165) is 6.42 Å².